The number of hydrogen-bond donors (Lipinski definition) is 2. The van der Waals surface area contributed by atoms with E-state index in [-0.39, 0.29) is 17.6 Å². The minimum absolute atomic E-state index is 0.00645. The number of amides is 1. The van der Waals surface area contributed by atoms with Crippen LogP contribution in [0.3, 0.4) is 0 Å². The first-order chi connectivity index (χ1) is 12.1. The van der Waals surface area contributed by atoms with Crippen LogP contribution in [0.1, 0.15) is 31.2 Å². The van der Waals surface area contributed by atoms with Crippen molar-refractivity contribution in [3.05, 3.63) is 29.8 Å². The molecule has 1 aromatic carbocycles. The second-order valence-corrected chi connectivity index (χ2v) is 6.94. The van der Waals surface area contributed by atoms with Crippen molar-refractivity contribution in [3.63, 3.8) is 0 Å². The molecule has 2 heterocycles. The summed E-state index contributed by atoms with van der Waals surface area (Å²) in [7, 11) is 1.63. The number of nitrogens with one attached hydrogen (secondary N) is 1. The van der Waals surface area contributed by atoms with Crippen molar-refractivity contribution in [1.82, 2.24) is 10.2 Å². The van der Waals surface area contributed by atoms with E-state index in [0.717, 1.165) is 56.7 Å². The summed E-state index contributed by atoms with van der Waals surface area (Å²) in [5, 5.41) is 13.2. The van der Waals surface area contributed by atoms with Crippen LogP contribution in [0.2, 0.25) is 0 Å². The first-order valence-electron chi connectivity index (χ1n) is 9.06. The topological polar surface area (TPSA) is 71.0 Å². The molecule has 1 aromatic rings. The Bertz CT molecular complexity index is 585. The van der Waals surface area contributed by atoms with Gasteiger partial charge in [0.1, 0.15) is 5.75 Å². The van der Waals surface area contributed by atoms with E-state index in [0.29, 0.717) is 13.1 Å². The van der Waals surface area contributed by atoms with Crippen molar-refractivity contribution in [2.24, 2.45) is 0 Å². The lowest BCUT2D eigenvalue weighted by molar-refractivity contribution is -0.177. The largest absolute Gasteiger partial charge is 0.496 e. The summed E-state index contributed by atoms with van der Waals surface area (Å²) in [5.74, 6) is 0.790. The Morgan fingerprint density at radius 3 is 2.88 bits per heavy atom. The third-order valence-electron chi connectivity index (χ3n) is 5.36. The predicted octanol–water partition coefficient (Wildman–Crippen LogP) is 1.32. The van der Waals surface area contributed by atoms with E-state index in [1.807, 2.05) is 24.3 Å². The molecule has 138 valence electrons. The van der Waals surface area contributed by atoms with Crippen molar-refractivity contribution in [3.8, 4) is 5.75 Å². The fraction of sp³-hybridized carbons (Fsp3) is 0.632. The zero-order chi connectivity index (χ0) is 17.7. The summed E-state index contributed by atoms with van der Waals surface area (Å²) in [6.07, 6.45) is 2.95. The molecular formula is C19H28N2O4. The smallest absolute Gasteiger partial charge is 0.234 e. The molecule has 0 aliphatic carbocycles. The third kappa shape index (κ3) is 4.32. The van der Waals surface area contributed by atoms with Crippen LogP contribution >= 0.6 is 0 Å². The van der Waals surface area contributed by atoms with E-state index in [1.54, 1.807) is 7.11 Å². The van der Waals surface area contributed by atoms with Crippen LogP contribution in [0.15, 0.2) is 24.3 Å². The normalized spacial score (nSPS) is 23.4. The minimum atomic E-state index is -0.386. The van der Waals surface area contributed by atoms with Crippen molar-refractivity contribution < 1.29 is 19.4 Å². The summed E-state index contributed by atoms with van der Waals surface area (Å²) in [4.78, 5) is 14.4. The fourth-order valence-corrected chi connectivity index (χ4v) is 3.78. The molecule has 2 aliphatic heterocycles. The molecule has 1 unspecified atom stereocenters. The van der Waals surface area contributed by atoms with Gasteiger partial charge in [-0.15, -0.1) is 0 Å². The molecule has 6 heteroatoms. The van der Waals surface area contributed by atoms with E-state index < -0.39 is 0 Å². The number of para-hydroxylation sites is 1. The average Bonchev–Trinajstić information content (AvgIpc) is 2.64. The lowest BCUT2D eigenvalue weighted by Crippen LogP contribution is -2.56. The van der Waals surface area contributed by atoms with Crippen LogP contribution in [0.4, 0.5) is 0 Å². The number of piperidine rings is 1. The molecule has 25 heavy (non-hydrogen) atoms. The molecule has 1 atom stereocenters. The number of carbonyl (C=O) groups is 1. The zero-order valence-corrected chi connectivity index (χ0v) is 14.9. The number of aliphatic hydroxyl groups excluding tert-OH is 1. The number of nitrogens with zero attached hydrogens (tertiary/aromatic N) is 1. The van der Waals surface area contributed by atoms with Gasteiger partial charge in [-0.2, -0.15) is 0 Å². The van der Waals surface area contributed by atoms with Gasteiger partial charge in [0.05, 0.1) is 25.4 Å². The average molecular weight is 348 g/mol. The van der Waals surface area contributed by atoms with E-state index in [9.17, 15) is 9.90 Å². The summed E-state index contributed by atoms with van der Waals surface area (Å²) in [6, 6.07) is 7.69. The van der Waals surface area contributed by atoms with Gasteiger partial charge in [0, 0.05) is 31.8 Å². The van der Waals surface area contributed by atoms with Crippen LogP contribution < -0.4 is 10.1 Å². The highest BCUT2D eigenvalue weighted by atomic mass is 16.5. The lowest BCUT2D eigenvalue weighted by Gasteiger charge is -2.46. The van der Waals surface area contributed by atoms with Gasteiger partial charge in [0.2, 0.25) is 5.91 Å². The number of methoxy groups -OCH3 is 1. The Labute approximate surface area is 149 Å². The molecule has 0 aromatic heterocycles. The Kier molecular flexibility index (Phi) is 5.93. The predicted molar refractivity (Wildman–Crippen MR) is 94.4 cm³/mol. The van der Waals surface area contributed by atoms with E-state index in [2.05, 4.69) is 10.2 Å². The van der Waals surface area contributed by atoms with Gasteiger partial charge in [-0.05, 0) is 31.7 Å². The highest BCUT2D eigenvalue weighted by Gasteiger charge is 2.43. The van der Waals surface area contributed by atoms with Gasteiger partial charge in [-0.3, -0.25) is 9.69 Å². The third-order valence-corrected chi connectivity index (χ3v) is 5.36. The number of rotatable bonds is 5. The maximum atomic E-state index is 12.2. The zero-order valence-electron chi connectivity index (χ0n) is 14.9. The molecule has 1 amide bonds. The van der Waals surface area contributed by atoms with Crippen LogP contribution in [-0.2, 0) is 16.1 Å². The molecule has 2 N–H and O–H groups in total. The Morgan fingerprint density at radius 2 is 2.16 bits per heavy atom. The standard InChI is InChI=1S/C19H28N2O4/c1-24-16-6-3-2-5-15(16)13-20-18(23)14-21-10-8-19(9-11-21)17(22)7-4-12-25-19/h2-3,5-6,17,22H,4,7-14H2,1H3,(H,20,23). The van der Waals surface area contributed by atoms with Crippen molar-refractivity contribution in [1.29, 1.82) is 0 Å². The quantitative estimate of drug-likeness (QED) is 0.840. The van der Waals surface area contributed by atoms with Crippen LogP contribution in [0.5, 0.6) is 5.75 Å². The highest BCUT2D eigenvalue weighted by Crippen LogP contribution is 2.35. The molecule has 0 bridgehead atoms. The summed E-state index contributed by atoms with van der Waals surface area (Å²) in [5.41, 5.74) is 0.581. The van der Waals surface area contributed by atoms with Crippen molar-refractivity contribution in [2.45, 2.75) is 43.9 Å². The van der Waals surface area contributed by atoms with E-state index in [1.165, 1.54) is 0 Å². The van der Waals surface area contributed by atoms with Gasteiger partial charge in [-0.1, -0.05) is 18.2 Å². The van der Waals surface area contributed by atoms with Crippen LogP contribution in [0.25, 0.3) is 0 Å². The Hall–Kier alpha value is -1.63. The molecule has 0 saturated carbocycles. The Morgan fingerprint density at radius 1 is 1.40 bits per heavy atom. The van der Waals surface area contributed by atoms with E-state index in [4.69, 9.17) is 9.47 Å². The molecule has 2 aliphatic rings. The molecule has 2 fully saturated rings. The number of likely N-dealkylation sites (tertiary alicyclic amines) is 1. The molecule has 6 nitrogen and oxygen atoms in total. The van der Waals surface area contributed by atoms with Crippen LogP contribution in [-0.4, -0.2) is 61.0 Å². The maximum absolute atomic E-state index is 12.2. The lowest BCUT2D eigenvalue weighted by atomic mass is 9.82. The number of hydrogen-bond acceptors (Lipinski definition) is 5. The molecule has 1 spiro atoms. The number of ether oxygens (including phenoxy) is 2. The van der Waals surface area contributed by atoms with Gasteiger partial charge < -0.3 is 19.9 Å². The first kappa shape index (κ1) is 18.2. The number of aliphatic hydroxyl groups is 1. The fourth-order valence-electron chi connectivity index (χ4n) is 3.78. The van der Waals surface area contributed by atoms with Gasteiger partial charge in [0.25, 0.3) is 0 Å². The molecule has 2 saturated heterocycles. The molecule has 3 rings (SSSR count). The molecular weight excluding hydrogens is 320 g/mol. The number of carbonyl (C=O) groups excluding carboxylic acids is 1. The number of benzene rings is 1. The second-order valence-electron chi connectivity index (χ2n) is 6.94. The Balaban J connectivity index is 1.45. The monoisotopic (exact) mass is 348 g/mol. The summed E-state index contributed by atoms with van der Waals surface area (Å²) >= 11 is 0. The SMILES string of the molecule is COc1ccccc1CNC(=O)CN1CCC2(CC1)OCCCC2O. The van der Waals surface area contributed by atoms with Crippen molar-refractivity contribution >= 4 is 5.91 Å². The van der Waals surface area contributed by atoms with Crippen LogP contribution in [0, 0.1) is 0 Å². The van der Waals surface area contributed by atoms with Gasteiger partial charge >= 0.3 is 0 Å². The highest BCUT2D eigenvalue weighted by molar-refractivity contribution is 5.78. The maximum Gasteiger partial charge on any atom is 0.234 e. The first-order valence-corrected chi connectivity index (χ1v) is 9.06. The van der Waals surface area contributed by atoms with Crippen molar-refractivity contribution in [2.75, 3.05) is 33.4 Å². The minimum Gasteiger partial charge on any atom is -0.496 e. The summed E-state index contributed by atoms with van der Waals surface area (Å²) in [6.45, 7) is 3.12. The molecule has 0 radical (unpaired) electrons. The second kappa shape index (κ2) is 8.17. The van der Waals surface area contributed by atoms with Gasteiger partial charge in [0.15, 0.2) is 0 Å². The van der Waals surface area contributed by atoms with E-state index >= 15 is 0 Å². The summed E-state index contributed by atoms with van der Waals surface area (Å²) < 4.78 is 11.2. The van der Waals surface area contributed by atoms with Gasteiger partial charge in [-0.25, -0.2) is 0 Å².